The zero-order chi connectivity index (χ0) is 46.1. The first-order valence-electron chi connectivity index (χ1n) is 21.7. The predicted molar refractivity (Wildman–Crippen MR) is 232 cm³/mol. The molecule has 8 atom stereocenters. The van der Waals surface area contributed by atoms with Gasteiger partial charge in [-0.2, -0.15) is 0 Å². The molecule has 0 radical (unpaired) electrons. The lowest BCUT2D eigenvalue weighted by Gasteiger charge is -2.32. The first-order chi connectivity index (χ1) is 28.8. The number of hydrogen-bond donors (Lipinski definition) is 8. The van der Waals surface area contributed by atoms with Gasteiger partial charge in [0.1, 0.15) is 36.0 Å². The maximum atomic E-state index is 14.0. The van der Waals surface area contributed by atoms with Gasteiger partial charge in [-0.05, 0) is 56.4 Å². The Balaban J connectivity index is 3.31. The Hall–Kier alpha value is -5.35. The molecule has 0 saturated carbocycles. The van der Waals surface area contributed by atoms with Crippen LogP contribution in [0.15, 0.2) is 30.3 Å². The van der Waals surface area contributed by atoms with Gasteiger partial charge in [-0.1, -0.05) is 110 Å². The molecule has 1 aromatic carbocycles. The first-order valence-corrected chi connectivity index (χ1v) is 21.7. The molecule has 17 nitrogen and oxygen atoms in total. The molecule has 8 amide bonds. The van der Waals surface area contributed by atoms with Gasteiger partial charge >= 0.3 is 0 Å². The number of benzene rings is 1. The maximum absolute atomic E-state index is 14.0. The summed E-state index contributed by atoms with van der Waals surface area (Å²) in [5.74, 6) is -6.35. The Morgan fingerprint density at radius 2 is 1.15 bits per heavy atom. The molecule has 10 N–H and O–H groups in total. The summed E-state index contributed by atoms with van der Waals surface area (Å²) < 4.78 is 0. The van der Waals surface area contributed by atoms with E-state index in [1.807, 2.05) is 25.1 Å². The molecule has 0 spiro atoms. The molecule has 1 rings (SSSR count). The second kappa shape index (κ2) is 28.2. The van der Waals surface area contributed by atoms with Gasteiger partial charge in [0.2, 0.25) is 47.3 Å². The average molecular weight is 857 g/mol. The van der Waals surface area contributed by atoms with Crippen molar-refractivity contribution in [2.24, 2.45) is 23.3 Å². The van der Waals surface area contributed by atoms with E-state index in [1.54, 1.807) is 39.8 Å². The first kappa shape index (κ1) is 53.7. The average Bonchev–Trinajstić information content (AvgIpc) is 3.23. The van der Waals surface area contributed by atoms with Crippen LogP contribution in [0, 0.1) is 11.8 Å². The van der Waals surface area contributed by atoms with Crippen molar-refractivity contribution in [2.45, 2.75) is 174 Å². The summed E-state index contributed by atoms with van der Waals surface area (Å²) in [6.07, 6.45) is 5.67. The van der Waals surface area contributed by atoms with E-state index < -0.39 is 83.0 Å². The van der Waals surface area contributed by atoms with Crippen LogP contribution in [0.4, 0.5) is 0 Å². The van der Waals surface area contributed by atoms with Crippen molar-refractivity contribution in [1.82, 2.24) is 31.9 Å². The van der Waals surface area contributed by atoms with Crippen LogP contribution in [0.2, 0.25) is 0 Å². The Morgan fingerprint density at radius 1 is 0.639 bits per heavy atom. The van der Waals surface area contributed by atoms with Crippen LogP contribution in [0.5, 0.6) is 0 Å². The lowest BCUT2D eigenvalue weighted by atomic mass is 9.94. The van der Waals surface area contributed by atoms with Crippen LogP contribution in [0.25, 0.3) is 0 Å². The van der Waals surface area contributed by atoms with Crippen molar-refractivity contribution < 1.29 is 43.2 Å². The second-order valence-corrected chi connectivity index (χ2v) is 16.2. The van der Waals surface area contributed by atoms with Crippen LogP contribution in [0.1, 0.15) is 138 Å². The predicted octanol–water partition coefficient (Wildman–Crippen LogP) is 2.12. The minimum Gasteiger partial charge on any atom is -0.370 e. The Kier molecular flexibility index (Phi) is 24.8. The van der Waals surface area contributed by atoms with Crippen molar-refractivity contribution in [1.29, 1.82) is 0 Å². The van der Waals surface area contributed by atoms with Crippen molar-refractivity contribution in [2.75, 3.05) is 0 Å². The van der Waals surface area contributed by atoms with E-state index in [1.165, 1.54) is 6.92 Å². The maximum Gasteiger partial charge on any atom is 0.246 e. The highest BCUT2D eigenvalue weighted by Gasteiger charge is 2.38. The molecular formula is C44H72N8O9. The quantitative estimate of drug-likeness (QED) is 0.0401. The minimum absolute atomic E-state index is 0.0859. The number of carbonyl (C=O) groups is 9. The fraction of sp³-hybridized carbons (Fsp3) is 0.659. The summed E-state index contributed by atoms with van der Waals surface area (Å²) in [7, 11) is 0. The van der Waals surface area contributed by atoms with Crippen molar-refractivity contribution in [3.05, 3.63) is 35.9 Å². The van der Waals surface area contributed by atoms with Crippen molar-refractivity contribution in [3.63, 3.8) is 0 Å². The van der Waals surface area contributed by atoms with Gasteiger partial charge in [0.25, 0.3) is 0 Å². The number of nitrogens with one attached hydrogen (secondary N) is 6. The molecule has 1 aromatic rings. The monoisotopic (exact) mass is 857 g/mol. The number of nitrogens with two attached hydrogens (primary N) is 2. The number of amides is 8. The molecule has 0 aliphatic heterocycles. The second-order valence-electron chi connectivity index (χ2n) is 16.2. The summed E-state index contributed by atoms with van der Waals surface area (Å²) in [6, 6.07) is 3.15. The van der Waals surface area contributed by atoms with E-state index in [9.17, 15) is 43.2 Å². The van der Waals surface area contributed by atoms with Crippen LogP contribution >= 0.6 is 0 Å². The van der Waals surface area contributed by atoms with E-state index in [0.29, 0.717) is 25.5 Å². The highest BCUT2D eigenvalue weighted by atomic mass is 16.2. The Labute approximate surface area is 361 Å². The normalized spacial score (nSPS) is 15.5. The van der Waals surface area contributed by atoms with Gasteiger partial charge in [0.05, 0.1) is 6.04 Å². The van der Waals surface area contributed by atoms with E-state index in [2.05, 4.69) is 38.8 Å². The third-order valence-corrected chi connectivity index (χ3v) is 11.1. The molecule has 342 valence electrons. The number of carbonyl (C=O) groups excluding carboxylic acids is 9. The number of unbranched alkanes of at least 4 members (excludes halogenated alkanes) is 4. The molecule has 17 heteroatoms. The molecular weight excluding hydrogens is 785 g/mol. The van der Waals surface area contributed by atoms with E-state index in [0.717, 1.165) is 31.2 Å². The fourth-order valence-electron chi connectivity index (χ4n) is 6.42. The van der Waals surface area contributed by atoms with Gasteiger partial charge < -0.3 is 48.2 Å². The standard InChI is InChI=1S/C44H72N8O9/c1-8-12-13-14-18-21-36(56)50-37(28(5)9-2)41(59)48-32(22-24-34(45)54)39(57)51-38(29(6)10-3)42(60)49-33(23-25-35(46)55)40(58)52-44(7,11-4)43(61)47-31(27-53)26-30-19-16-15-17-20-30/h15-17,19-20,27-29,31-33,37-38H,8-14,18,21-26H2,1-7H3,(H2,45,54)(H2,46,55)(H,47,61)(H,48,59)(H,49,60)(H,50,56)(H,51,57)(H,52,58)/t28-,29-,31-,32-,33-,37-,38-,44-/m0/s1. The highest BCUT2D eigenvalue weighted by molar-refractivity contribution is 5.98. The topological polar surface area (TPSA) is 278 Å². The number of rotatable bonds is 31. The molecule has 0 aliphatic rings. The highest BCUT2D eigenvalue weighted by Crippen LogP contribution is 2.16. The summed E-state index contributed by atoms with van der Waals surface area (Å²) >= 11 is 0. The van der Waals surface area contributed by atoms with Gasteiger partial charge in [-0.25, -0.2) is 0 Å². The fourth-order valence-corrected chi connectivity index (χ4v) is 6.42. The SMILES string of the molecule is CCCCCCCC(=O)N[C@H](C(=O)N[C@@H](CCC(N)=O)C(=O)N[C@H](C(=O)N[C@@H](CCC(N)=O)C(=O)N[C@@](C)(CC)C(=O)N[C@H](C=O)Cc1ccccc1)[C@@H](C)CC)[C@@H](C)CC. The Bertz CT molecular complexity index is 1610. The van der Waals surface area contributed by atoms with E-state index in [-0.39, 0.29) is 56.8 Å². The van der Waals surface area contributed by atoms with Gasteiger partial charge in [0.15, 0.2) is 0 Å². The summed E-state index contributed by atoms with van der Waals surface area (Å²) in [6.45, 7) is 12.3. The molecule has 0 aromatic heterocycles. The molecule has 0 unspecified atom stereocenters. The van der Waals surface area contributed by atoms with Crippen LogP contribution in [-0.2, 0) is 49.6 Å². The smallest absolute Gasteiger partial charge is 0.246 e. The van der Waals surface area contributed by atoms with Crippen molar-refractivity contribution in [3.8, 4) is 0 Å². The number of hydrogen-bond acceptors (Lipinski definition) is 9. The summed E-state index contributed by atoms with van der Waals surface area (Å²) in [4.78, 5) is 118. The van der Waals surface area contributed by atoms with Gasteiger partial charge in [0, 0.05) is 19.3 Å². The van der Waals surface area contributed by atoms with Crippen LogP contribution in [-0.4, -0.2) is 89.3 Å². The van der Waals surface area contributed by atoms with E-state index in [4.69, 9.17) is 11.5 Å². The van der Waals surface area contributed by atoms with E-state index >= 15 is 0 Å². The molecule has 61 heavy (non-hydrogen) atoms. The largest absolute Gasteiger partial charge is 0.370 e. The number of aldehydes is 1. The molecule has 0 bridgehead atoms. The number of primary amides is 2. The zero-order valence-electron chi connectivity index (χ0n) is 37.2. The molecule has 0 aliphatic carbocycles. The third kappa shape index (κ3) is 19.7. The third-order valence-electron chi connectivity index (χ3n) is 11.1. The minimum atomic E-state index is -1.55. The lowest BCUT2D eigenvalue weighted by molar-refractivity contribution is -0.138. The van der Waals surface area contributed by atoms with Crippen LogP contribution in [0.3, 0.4) is 0 Å². The Morgan fingerprint density at radius 3 is 1.62 bits per heavy atom. The molecule has 0 saturated heterocycles. The summed E-state index contributed by atoms with van der Waals surface area (Å²) in [5, 5.41) is 16.1. The van der Waals surface area contributed by atoms with Crippen molar-refractivity contribution >= 4 is 53.5 Å². The van der Waals surface area contributed by atoms with Crippen LogP contribution < -0.4 is 43.4 Å². The molecule has 0 heterocycles. The van der Waals surface area contributed by atoms with Gasteiger partial charge in [-0.15, -0.1) is 0 Å². The lowest BCUT2D eigenvalue weighted by Crippen LogP contribution is -2.63. The zero-order valence-corrected chi connectivity index (χ0v) is 37.2. The van der Waals surface area contributed by atoms with Gasteiger partial charge in [-0.3, -0.25) is 38.4 Å². The molecule has 0 fully saturated rings. The summed E-state index contributed by atoms with van der Waals surface area (Å²) in [5.41, 5.74) is 10.1.